The highest BCUT2D eigenvalue weighted by Gasteiger charge is 2.05. The first-order valence-electron chi connectivity index (χ1n) is 4.22. The van der Waals surface area contributed by atoms with E-state index in [1.54, 1.807) is 6.92 Å². The van der Waals surface area contributed by atoms with E-state index in [0.29, 0.717) is 5.69 Å². The molecule has 7 nitrogen and oxygen atoms in total. The van der Waals surface area contributed by atoms with Crippen LogP contribution in [0.15, 0.2) is 21.7 Å². The number of nitrogens with zero attached hydrogens (tertiary/aromatic N) is 2. The minimum absolute atomic E-state index is 0.00597. The molecule has 15 heavy (non-hydrogen) atoms. The van der Waals surface area contributed by atoms with E-state index in [-0.39, 0.29) is 22.9 Å². The van der Waals surface area contributed by atoms with Crippen molar-refractivity contribution in [2.24, 2.45) is 0 Å². The largest absolute Gasteiger partial charge is 0.369 e. The van der Waals surface area contributed by atoms with Crippen LogP contribution in [0.3, 0.4) is 0 Å². The Morgan fingerprint density at radius 1 is 1.33 bits per heavy atom. The highest BCUT2D eigenvalue weighted by Crippen LogP contribution is 2.02. The van der Waals surface area contributed by atoms with E-state index in [0.717, 1.165) is 0 Å². The monoisotopic (exact) mass is 207 g/mol. The van der Waals surface area contributed by atoms with Crippen LogP contribution >= 0.6 is 0 Å². The van der Waals surface area contributed by atoms with Crippen LogP contribution in [0.2, 0.25) is 0 Å². The summed E-state index contributed by atoms with van der Waals surface area (Å²) in [6.45, 7) is 1.72. The standard InChI is InChI=1S/C8H9N5O2/c1-4-2-7(15)12-13(4)5-3-6(14)11-8(9)10-5/h2-3H,1H3,(H,12,15)(H3,9,10,11,14). The third-order valence-corrected chi connectivity index (χ3v) is 1.89. The van der Waals surface area contributed by atoms with Crippen LogP contribution in [-0.4, -0.2) is 19.7 Å². The molecule has 0 aliphatic rings. The van der Waals surface area contributed by atoms with Crippen molar-refractivity contribution in [2.75, 3.05) is 5.73 Å². The lowest BCUT2D eigenvalue weighted by atomic mass is 10.4. The second-order valence-corrected chi connectivity index (χ2v) is 3.09. The van der Waals surface area contributed by atoms with Gasteiger partial charge in [0.2, 0.25) is 5.95 Å². The number of aromatic nitrogens is 4. The second-order valence-electron chi connectivity index (χ2n) is 3.09. The number of rotatable bonds is 1. The highest BCUT2D eigenvalue weighted by atomic mass is 16.1. The molecule has 2 aromatic heterocycles. The molecular weight excluding hydrogens is 198 g/mol. The Labute approximate surface area is 83.6 Å². The molecule has 2 aromatic rings. The first kappa shape index (κ1) is 9.25. The Hall–Kier alpha value is -2.31. The molecule has 0 radical (unpaired) electrons. The number of nitrogens with two attached hydrogens (primary N) is 1. The lowest BCUT2D eigenvalue weighted by Crippen LogP contribution is -2.15. The summed E-state index contributed by atoms with van der Waals surface area (Å²) in [6.07, 6.45) is 0. The number of nitrogen functional groups attached to an aromatic ring is 1. The summed E-state index contributed by atoms with van der Waals surface area (Å²) in [6, 6.07) is 2.65. The highest BCUT2D eigenvalue weighted by molar-refractivity contribution is 5.28. The molecule has 0 aliphatic carbocycles. The summed E-state index contributed by atoms with van der Waals surface area (Å²) in [7, 11) is 0. The van der Waals surface area contributed by atoms with Crippen LogP contribution in [0, 0.1) is 6.92 Å². The zero-order valence-corrected chi connectivity index (χ0v) is 7.94. The number of aryl methyl sites for hydroxylation is 1. The number of hydrogen-bond acceptors (Lipinski definition) is 4. The average Bonchev–Trinajstić information content (AvgIpc) is 2.43. The van der Waals surface area contributed by atoms with Crippen molar-refractivity contribution in [3.63, 3.8) is 0 Å². The van der Waals surface area contributed by atoms with E-state index in [1.807, 2.05) is 0 Å². The van der Waals surface area contributed by atoms with E-state index in [1.165, 1.54) is 16.8 Å². The molecule has 2 heterocycles. The van der Waals surface area contributed by atoms with Crippen LogP contribution in [0.25, 0.3) is 5.82 Å². The van der Waals surface area contributed by atoms with E-state index < -0.39 is 0 Å². The number of anilines is 1. The maximum atomic E-state index is 11.1. The molecule has 0 unspecified atom stereocenters. The third-order valence-electron chi connectivity index (χ3n) is 1.89. The third kappa shape index (κ3) is 1.66. The Bertz CT molecular complexity index is 606. The zero-order valence-electron chi connectivity index (χ0n) is 7.94. The van der Waals surface area contributed by atoms with Crippen LogP contribution in [0.4, 0.5) is 5.95 Å². The van der Waals surface area contributed by atoms with E-state index in [2.05, 4.69) is 15.1 Å². The van der Waals surface area contributed by atoms with Crippen molar-refractivity contribution in [1.82, 2.24) is 19.7 Å². The molecule has 4 N–H and O–H groups in total. The molecule has 0 bridgehead atoms. The molecule has 0 saturated heterocycles. The van der Waals surface area contributed by atoms with Gasteiger partial charge in [0, 0.05) is 17.8 Å². The van der Waals surface area contributed by atoms with E-state index >= 15 is 0 Å². The lowest BCUT2D eigenvalue weighted by Gasteiger charge is -2.03. The van der Waals surface area contributed by atoms with Gasteiger partial charge < -0.3 is 5.73 Å². The maximum absolute atomic E-state index is 11.1. The van der Waals surface area contributed by atoms with Gasteiger partial charge in [0.15, 0.2) is 5.82 Å². The molecule has 0 atom stereocenters. The smallest absolute Gasteiger partial charge is 0.264 e. The van der Waals surface area contributed by atoms with Gasteiger partial charge in [-0.3, -0.25) is 19.7 Å². The van der Waals surface area contributed by atoms with Gasteiger partial charge in [0.05, 0.1) is 0 Å². The van der Waals surface area contributed by atoms with Crippen molar-refractivity contribution < 1.29 is 0 Å². The molecular formula is C8H9N5O2. The number of aromatic amines is 2. The first-order valence-corrected chi connectivity index (χ1v) is 4.22. The summed E-state index contributed by atoms with van der Waals surface area (Å²) >= 11 is 0. The van der Waals surface area contributed by atoms with Crippen LogP contribution in [-0.2, 0) is 0 Å². The van der Waals surface area contributed by atoms with Gasteiger partial charge in [-0.15, -0.1) is 0 Å². The molecule has 0 aliphatic heterocycles. The first-order chi connectivity index (χ1) is 7.06. The second kappa shape index (κ2) is 3.12. The van der Waals surface area contributed by atoms with Gasteiger partial charge in [-0.2, -0.15) is 4.98 Å². The summed E-state index contributed by atoms with van der Waals surface area (Å²) in [5.74, 6) is 0.294. The molecule has 0 saturated carbocycles. The van der Waals surface area contributed by atoms with Crippen LogP contribution < -0.4 is 16.9 Å². The van der Waals surface area contributed by atoms with Crippen molar-refractivity contribution in [3.8, 4) is 5.82 Å². The molecule has 78 valence electrons. The van der Waals surface area contributed by atoms with Crippen molar-refractivity contribution in [2.45, 2.75) is 6.92 Å². The Morgan fingerprint density at radius 2 is 2.07 bits per heavy atom. The van der Waals surface area contributed by atoms with Crippen molar-refractivity contribution >= 4 is 5.95 Å². The lowest BCUT2D eigenvalue weighted by molar-refractivity contribution is 0.801. The Kier molecular flexibility index (Phi) is 1.93. The minimum atomic E-state index is -0.369. The van der Waals surface area contributed by atoms with Gasteiger partial charge in [0.25, 0.3) is 11.1 Å². The summed E-state index contributed by atoms with van der Waals surface area (Å²) < 4.78 is 1.40. The fourth-order valence-electron chi connectivity index (χ4n) is 1.30. The molecule has 0 spiro atoms. The van der Waals surface area contributed by atoms with E-state index in [4.69, 9.17) is 5.73 Å². The van der Waals surface area contributed by atoms with Gasteiger partial charge in [-0.1, -0.05) is 0 Å². The molecule has 0 aromatic carbocycles. The number of H-pyrrole nitrogens is 2. The zero-order chi connectivity index (χ0) is 11.0. The fourth-order valence-corrected chi connectivity index (χ4v) is 1.30. The maximum Gasteiger partial charge on any atom is 0.264 e. The number of nitrogens with one attached hydrogen (secondary N) is 2. The molecule has 0 fully saturated rings. The molecule has 0 amide bonds. The van der Waals surface area contributed by atoms with Crippen LogP contribution in [0.1, 0.15) is 5.69 Å². The summed E-state index contributed by atoms with van der Waals surface area (Å²) in [5.41, 5.74) is 5.41. The van der Waals surface area contributed by atoms with Gasteiger partial charge in [-0.05, 0) is 6.92 Å². The predicted octanol–water partition coefficient (Wildman–Crippen LogP) is -0.860. The predicted molar refractivity (Wildman–Crippen MR) is 54.0 cm³/mol. The minimum Gasteiger partial charge on any atom is -0.369 e. The molecule has 2 rings (SSSR count). The van der Waals surface area contributed by atoms with Gasteiger partial charge in [-0.25, -0.2) is 4.68 Å². The SMILES string of the molecule is Cc1cc(=O)[nH]n1-c1cc(=O)[nH]c(N)n1. The van der Waals surface area contributed by atoms with Crippen molar-refractivity contribution in [3.05, 3.63) is 38.5 Å². The van der Waals surface area contributed by atoms with Crippen LogP contribution in [0.5, 0.6) is 0 Å². The normalized spacial score (nSPS) is 10.5. The summed E-state index contributed by atoms with van der Waals surface area (Å²) in [4.78, 5) is 28.4. The quantitative estimate of drug-likeness (QED) is 0.565. The van der Waals surface area contributed by atoms with Gasteiger partial charge >= 0.3 is 0 Å². The molecule has 7 heteroatoms. The van der Waals surface area contributed by atoms with Gasteiger partial charge in [0.1, 0.15) is 0 Å². The number of hydrogen-bond donors (Lipinski definition) is 3. The van der Waals surface area contributed by atoms with E-state index in [9.17, 15) is 9.59 Å². The average molecular weight is 207 g/mol. The Morgan fingerprint density at radius 3 is 2.60 bits per heavy atom. The fraction of sp³-hybridized carbons (Fsp3) is 0.125. The summed E-state index contributed by atoms with van der Waals surface area (Å²) in [5, 5.41) is 2.51. The topological polar surface area (TPSA) is 110 Å². The van der Waals surface area contributed by atoms with Crippen molar-refractivity contribution in [1.29, 1.82) is 0 Å². The Balaban J connectivity index is 2.68.